The van der Waals surface area contributed by atoms with Gasteiger partial charge in [-0.1, -0.05) is 121 Å². The van der Waals surface area contributed by atoms with Crippen LogP contribution in [0.3, 0.4) is 0 Å². The van der Waals surface area contributed by atoms with Crippen molar-refractivity contribution in [2.24, 2.45) is 0 Å². The number of aliphatic hydroxyl groups excluding tert-OH is 1. The van der Waals surface area contributed by atoms with Crippen molar-refractivity contribution in [1.29, 1.82) is 0 Å². The Balaban J connectivity index is 1.31. The number of alkyl carbamates (subject to hydrolysis) is 1. The van der Waals surface area contributed by atoms with E-state index in [1.54, 1.807) is 0 Å². The van der Waals surface area contributed by atoms with Crippen molar-refractivity contribution in [3.8, 4) is 0 Å². The number of nitrogens with one attached hydrogen (secondary N) is 1. The lowest BCUT2D eigenvalue weighted by Crippen LogP contribution is -2.61. The number of carbonyl (C=O) groups excluding carboxylic acids is 2. The molecule has 1 aliphatic rings. The van der Waals surface area contributed by atoms with Crippen molar-refractivity contribution in [2.75, 3.05) is 20.3 Å². The van der Waals surface area contributed by atoms with Gasteiger partial charge < -0.3 is 43.6 Å². The fraction of sp³-hybridized carbons (Fsp3) is 0.333. The van der Waals surface area contributed by atoms with Gasteiger partial charge in [0.05, 0.1) is 40.1 Å². The monoisotopic (exact) mass is 685 g/mol. The molecule has 0 radical (unpaired) electrons. The number of hydrogen-bond acceptors (Lipinski definition) is 10. The predicted molar refractivity (Wildman–Crippen MR) is 182 cm³/mol. The molecule has 1 amide bonds. The topological polar surface area (TPSA) is 131 Å². The van der Waals surface area contributed by atoms with E-state index in [0.29, 0.717) is 6.61 Å². The highest BCUT2D eigenvalue weighted by molar-refractivity contribution is 5.81. The molecule has 2 N–H and O–H groups in total. The molecule has 1 aliphatic heterocycles. The molecule has 11 heteroatoms. The van der Waals surface area contributed by atoms with Gasteiger partial charge in [0.25, 0.3) is 0 Å². The van der Waals surface area contributed by atoms with Gasteiger partial charge in [0.1, 0.15) is 31.0 Å². The third-order valence-electron chi connectivity index (χ3n) is 8.00. The van der Waals surface area contributed by atoms with E-state index in [-0.39, 0.29) is 26.4 Å². The summed E-state index contributed by atoms with van der Waals surface area (Å²) in [5.41, 5.74) is 3.57. The maximum Gasteiger partial charge on any atom is 0.408 e. The summed E-state index contributed by atoms with van der Waals surface area (Å²) in [6.07, 6.45) is -5.93. The van der Waals surface area contributed by atoms with Crippen LogP contribution in [0.4, 0.5) is 4.79 Å². The number of benzene rings is 4. The lowest BCUT2D eigenvalue weighted by atomic mass is 9.98. The van der Waals surface area contributed by atoms with Crippen molar-refractivity contribution >= 4 is 12.1 Å². The normalized spacial score (nSPS) is 20.8. The zero-order chi connectivity index (χ0) is 35.0. The van der Waals surface area contributed by atoms with Crippen LogP contribution in [0.2, 0.25) is 0 Å². The van der Waals surface area contributed by atoms with Crippen LogP contribution in [-0.2, 0) is 64.4 Å². The molecule has 4 aromatic rings. The Bertz CT molecular complexity index is 1560. The maximum atomic E-state index is 12.7. The van der Waals surface area contributed by atoms with Gasteiger partial charge in [-0.2, -0.15) is 0 Å². The Morgan fingerprint density at radius 1 is 0.680 bits per heavy atom. The van der Waals surface area contributed by atoms with Crippen LogP contribution < -0.4 is 5.32 Å². The Kier molecular flexibility index (Phi) is 14.3. The Hall–Kier alpha value is -4.62. The van der Waals surface area contributed by atoms with E-state index < -0.39 is 55.4 Å². The SMILES string of the molecule is COC(=O)[C@H](CO[C@@H]1O[C@H](COCc2ccccc2)[C@@H](OCc2ccccc2)[C@H](OCc2ccccc2)[C@H]1O)NC(=O)OCc1ccccc1. The van der Waals surface area contributed by atoms with Crippen LogP contribution in [0, 0.1) is 0 Å². The molecule has 5 rings (SSSR count). The summed E-state index contributed by atoms with van der Waals surface area (Å²) in [6, 6.07) is 36.8. The number of hydrogen-bond donors (Lipinski definition) is 2. The minimum Gasteiger partial charge on any atom is -0.467 e. The van der Waals surface area contributed by atoms with E-state index in [1.165, 1.54) is 7.11 Å². The molecule has 264 valence electrons. The molecule has 1 fully saturated rings. The summed E-state index contributed by atoms with van der Waals surface area (Å²) in [7, 11) is 1.19. The predicted octanol–water partition coefficient (Wildman–Crippen LogP) is 4.94. The van der Waals surface area contributed by atoms with E-state index in [1.807, 2.05) is 121 Å². The van der Waals surface area contributed by atoms with Crippen molar-refractivity contribution in [2.45, 2.75) is 63.2 Å². The number of rotatable bonds is 17. The molecular weight excluding hydrogens is 642 g/mol. The van der Waals surface area contributed by atoms with Gasteiger partial charge in [0, 0.05) is 0 Å². The summed E-state index contributed by atoms with van der Waals surface area (Å²) >= 11 is 0. The van der Waals surface area contributed by atoms with Crippen molar-refractivity contribution < 1.29 is 47.9 Å². The van der Waals surface area contributed by atoms with Crippen molar-refractivity contribution in [3.63, 3.8) is 0 Å². The highest BCUT2D eigenvalue weighted by Gasteiger charge is 2.48. The molecule has 1 heterocycles. The Morgan fingerprint density at radius 2 is 1.16 bits per heavy atom. The first-order chi connectivity index (χ1) is 24.5. The van der Waals surface area contributed by atoms with Crippen LogP contribution in [-0.4, -0.2) is 74.2 Å². The molecule has 1 saturated heterocycles. The van der Waals surface area contributed by atoms with Crippen LogP contribution >= 0.6 is 0 Å². The Labute approximate surface area is 292 Å². The van der Waals surface area contributed by atoms with Crippen molar-refractivity contribution in [1.82, 2.24) is 5.32 Å². The second-order valence-electron chi connectivity index (χ2n) is 11.7. The van der Waals surface area contributed by atoms with Gasteiger partial charge in [-0.25, -0.2) is 9.59 Å². The highest BCUT2D eigenvalue weighted by atomic mass is 16.7. The summed E-state index contributed by atoms with van der Waals surface area (Å²) in [4.78, 5) is 25.3. The summed E-state index contributed by atoms with van der Waals surface area (Å²) < 4.78 is 41.3. The van der Waals surface area contributed by atoms with Gasteiger partial charge in [-0.15, -0.1) is 0 Å². The standard InChI is InChI=1S/C39H43NO10/c1-44-37(42)32(40-39(43)49-25-31-20-12-5-13-21-31)26-48-38-34(41)36(47-24-30-18-10-4-11-19-30)35(46-23-29-16-8-3-9-17-29)33(50-38)27-45-22-28-14-6-2-7-15-28/h2-21,32-36,38,41H,22-27H2,1H3,(H,40,43)/t32-,33+,34+,35+,36+,38+/m0/s1. The van der Waals surface area contributed by atoms with Gasteiger partial charge in [0.15, 0.2) is 12.3 Å². The van der Waals surface area contributed by atoms with Gasteiger partial charge in [-0.3, -0.25) is 0 Å². The zero-order valence-corrected chi connectivity index (χ0v) is 27.9. The van der Waals surface area contributed by atoms with E-state index in [0.717, 1.165) is 22.3 Å². The van der Waals surface area contributed by atoms with E-state index in [4.69, 9.17) is 33.2 Å². The Morgan fingerprint density at radius 3 is 1.68 bits per heavy atom. The third kappa shape index (κ3) is 11.2. The molecule has 4 aromatic carbocycles. The first-order valence-corrected chi connectivity index (χ1v) is 16.4. The largest absolute Gasteiger partial charge is 0.467 e. The molecule has 0 aliphatic carbocycles. The van der Waals surface area contributed by atoms with Crippen LogP contribution in [0.5, 0.6) is 0 Å². The fourth-order valence-electron chi connectivity index (χ4n) is 5.37. The number of methoxy groups -OCH3 is 1. The van der Waals surface area contributed by atoms with E-state index >= 15 is 0 Å². The first-order valence-electron chi connectivity index (χ1n) is 16.4. The smallest absolute Gasteiger partial charge is 0.408 e. The molecule has 0 spiro atoms. The molecule has 50 heavy (non-hydrogen) atoms. The summed E-state index contributed by atoms with van der Waals surface area (Å²) in [6.45, 7) is 0.408. The first kappa shape index (κ1) is 36.7. The lowest BCUT2D eigenvalue weighted by molar-refractivity contribution is -0.319. The number of aliphatic hydroxyl groups is 1. The van der Waals surface area contributed by atoms with Crippen LogP contribution in [0.1, 0.15) is 22.3 Å². The average Bonchev–Trinajstić information content (AvgIpc) is 3.16. The quantitative estimate of drug-likeness (QED) is 0.147. The number of amides is 1. The van der Waals surface area contributed by atoms with Gasteiger partial charge in [0.2, 0.25) is 0 Å². The molecule has 0 bridgehead atoms. The summed E-state index contributed by atoms with van der Waals surface area (Å²) in [5.74, 6) is -0.768. The van der Waals surface area contributed by atoms with E-state index in [2.05, 4.69) is 5.32 Å². The molecule has 0 saturated carbocycles. The number of ether oxygens (including phenoxy) is 7. The zero-order valence-electron chi connectivity index (χ0n) is 27.9. The number of esters is 1. The molecule has 0 aromatic heterocycles. The molecule has 6 atom stereocenters. The minimum absolute atomic E-state index is 0.00133. The van der Waals surface area contributed by atoms with Gasteiger partial charge >= 0.3 is 12.1 Å². The van der Waals surface area contributed by atoms with Crippen molar-refractivity contribution in [3.05, 3.63) is 144 Å². The van der Waals surface area contributed by atoms with Gasteiger partial charge in [-0.05, 0) is 22.3 Å². The summed E-state index contributed by atoms with van der Waals surface area (Å²) in [5, 5.41) is 14.2. The van der Waals surface area contributed by atoms with Crippen LogP contribution in [0.15, 0.2) is 121 Å². The molecule has 0 unspecified atom stereocenters. The number of carbonyl (C=O) groups is 2. The molecule has 11 nitrogen and oxygen atoms in total. The van der Waals surface area contributed by atoms with Crippen LogP contribution in [0.25, 0.3) is 0 Å². The lowest BCUT2D eigenvalue weighted by Gasteiger charge is -2.44. The minimum atomic E-state index is -1.35. The molecular formula is C39H43NO10. The second-order valence-corrected chi connectivity index (χ2v) is 11.7. The maximum absolute atomic E-state index is 12.7. The highest BCUT2D eigenvalue weighted by Crippen LogP contribution is 2.29. The third-order valence-corrected chi connectivity index (χ3v) is 8.00. The average molecular weight is 686 g/mol. The fourth-order valence-corrected chi connectivity index (χ4v) is 5.37. The second kappa shape index (κ2) is 19.5. The van der Waals surface area contributed by atoms with E-state index in [9.17, 15) is 14.7 Å².